The number of halogens is 1. The zero-order chi connectivity index (χ0) is 26.8. The number of rotatable bonds is 6. The quantitative estimate of drug-likeness (QED) is 0.386. The molecule has 1 aliphatic heterocycles. The van der Waals surface area contributed by atoms with E-state index in [0.717, 1.165) is 22.9 Å². The number of nitrogens with two attached hydrogens (primary N) is 1. The summed E-state index contributed by atoms with van der Waals surface area (Å²) in [5, 5.41) is 5.67. The summed E-state index contributed by atoms with van der Waals surface area (Å²) in [6.07, 6.45) is 4.77. The summed E-state index contributed by atoms with van der Waals surface area (Å²) in [6, 6.07) is 11.6. The lowest BCUT2D eigenvalue weighted by molar-refractivity contribution is -0.145. The zero-order valence-electron chi connectivity index (χ0n) is 20.9. The Hall–Kier alpha value is -4.67. The average molecular weight is 520 g/mol. The van der Waals surface area contributed by atoms with E-state index in [0.29, 0.717) is 36.7 Å². The number of benzene rings is 2. The van der Waals surface area contributed by atoms with Gasteiger partial charge in [0.2, 0.25) is 5.82 Å². The van der Waals surface area contributed by atoms with Gasteiger partial charge < -0.3 is 24.8 Å². The van der Waals surface area contributed by atoms with E-state index in [2.05, 4.69) is 4.98 Å². The number of fused-ring (bicyclic) bond motifs is 1. The molecule has 38 heavy (non-hydrogen) atoms. The van der Waals surface area contributed by atoms with Crippen LogP contribution in [-0.2, 0) is 9.59 Å². The molecule has 2 aromatic carbocycles. The topological polar surface area (TPSA) is 122 Å². The van der Waals surface area contributed by atoms with Gasteiger partial charge in [0.1, 0.15) is 17.0 Å². The lowest BCUT2D eigenvalue weighted by Crippen LogP contribution is -2.46. The summed E-state index contributed by atoms with van der Waals surface area (Å²) >= 11 is 0. The minimum Gasteiger partial charge on any atom is -0.494 e. The van der Waals surface area contributed by atoms with Gasteiger partial charge in [-0.2, -0.15) is 9.49 Å². The van der Waals surface area contributed by atoms with Crippen molar-refractivity contribution in [1.82, 2.24) is 19.7 Å². The Morgan fingerprint density at radius 3 is 2.47 bits per heavy atom. The van der Waals surface area contributed by atoms with E-state index >= 15 is 0 Å². The highest BCUT2D eigenvalue weighted by atomic mass is 19.1. The second kappa shape index (κ2) is 10.4. The molecular formula is C27H26FN5O5. The fourth-order valence-corrected chi connectivity index (χ4v) is 4.71. The summed E-state index contributed by atoms with van der Waals surface area (Å²) in [5.74, 6) is -1.15. The third kappa shape index (κ3) is 4.58. The van der Waals surface area contributed by atoms with Crippen molar-refractivity contribution in [2.45, 2.75) is 18.9 Å². The van der Waals surface area contributed by atoms with Crippen LogP contribution in [0.2, 0.25) is 0 Å². The van der Waals surface area contributed by atoms with Gasteiger partial charge in [0.15, 0.2) is 17.2 Å². The second-order valence-electron chi connectivity index (χ2n) is 8.84. The highest BCUT2D eigenvalue weighted by molar-refractivity contribution is 6.34. The van der Waals surface area contributed by atoms with Crippen molar-refractivity contribution in [3.05, 3.63) is 60.7 Å². The van der Waals surface area contributed by atoms with Crippen LogP contribution in [0.25, 0.3) is 22.2 Å². The maximum atomic E-state index is 14.5. The Morgan fingerprint density at radius 2 is 1.76 bits per heavy atom. The Balaban J connectivity index is 1.50. The number of carbonyl (C=O) groups excluding carboxylic acids is 2. The fraction of sp³-hybridized carbons (Fsp3) is 0.259. The molecule has 2 amide bonds. The van der Waals surface area contributed by atoms with Crippen LogP contribution in [0.5, 0.6) is 23.0 Å². The molecule has 5 rings (SSSR count). The molecule has 11 heteroatoms. The van der Waals surface area contributed by atoms with Gasteiger partial charge in [-0.1, -0.05) is 6.07 Å². The van der Waals surface area contributed by atoms with Crippen molar-refractivity contribution in [2.24, 2.45) is 5.73 Å². The number of likely N-dealkylation sites (tertiary alicyclic amines) is 1. The van der Waals surface area contributed by atoms with Crippen molar-refractivity contribution in [3.63, 3.8) is 0 Å². The van der Waals surface area contributed by atoms with Crippen LogP contribution in [0, 0.1) is 5.82 Å². The first-order valence-corrected chi connectivity index (χ1v) is 12.0. The van der Waals surface area contributed by atoms with Crippen LogP contribution in [0.1, 0.15) is 18.9 Å². The number of primary amides is 1. The summed E-state index contributed by atoms with van der Waals surface area (Å²) in [6.45, 7) is 0.751. The third-order valence-electron chi connectivity index (χ3n) is 6.54. The number of pyridine rings is 1. The molecule has 0 aliphatic carbocycles. The van der Waals surface area contributed by atoms with Crippen LogP contribution in [0.15, 0.2) is 54.9 Å². The van der Waals surface area contributed by atoms with Crippen LogP contribution in [-0.4, -0.2) is 58.8 Å². The van der Waals surface area contributed by atoms with Crippen molar-refractivity contribution in [2.75, 3.05) is 27.3 Å². The highest BCUT2D eigenvalue weighted by Crippen LogP contribution is 2.37. The van der Waals surface area contributed by atoms with Crippen molar-refractivity contribution in [1.29, 1.82) is 0 Å². The van der Waals surface area contributed by atoms with E-state index in [-0.39, 0.29) is 17.5 Å². The number of ether oxygens (including phenoxy) is 3. The maximum Gasteiger partial charge on any atom is 0.311 e. The Bertz CT molecular complexity index is 1500. The largest absolute Gasteiger partial charge is 0.494 e. The second-order valence-corrected chi connectivity index (χ2v) is 8.84. The van der Waals surface area contributed by atoms with E-state index in [4.69, 9.17) is 25.0 Å². The molecule has 1 fully saturated rings. The summed E-state index contributed by atoms with van der Waals surface area (Å²) < 4.78 is 32.7. The highest BCUT2D eigenvalue weighted by Gasteiger charge is 2.30. The van der Waals surface area contributed by atoms with E-state index in [1.807, 2.05) is 16.8 Å². The van der Waals surface area contributed by atoms with Gasteiger partial charge in [0, 0.05) is 24.8 Å². The van der Waals surface area contributed by atoms with E-state index in [1.165, 1.54) is 24.1 Å². The van der Waals surface area contributed by atoms with Crippen LogP contribution < -0.4 is 19.9 Å². The van der Waals surface area contributed by atoms with Crippen LogP contribution in [0.4, 0.5) is 4.39 Å². The maximum absolute atomic E-state index is 14.5. The number of amides is 2. The number of aromatic nitrogens is 3. The van der Waals surface area contributed by atoms with Crippen LogP contribution in [0.3, 0.4) is 0 Å². The van der Waals surface area contributed by atoms with Crippen LogP contribution >= 0.6 is 0 Å². The SMILES string of the molecule is COc1cccc(Oc2ccc(-c3nn(C4CCCN(C(=O)C(N)=O)C4)c4c(OC)cncc34)cc2)c1F. The molecule has 0 bridgehead atoms. The summed E-state index contributed by atoms with van der Waals surface area (Å²) in [5.41, 5.74) is 7.40. The summed E-state index contributed by atoms with van der Waals surface area (Å²) in [4.78, 5) is 29.5. The standard InChI is InChI=1S/C27H26FN5O5/c1-36-20-6-3-7-21(23(20)28)38-18-10-8-16(9-11-18)24-19-13-30-14-22(37-2)25(19)33(31-24)17-5-4-12-32(15-17)27(35)26(29)34/h3,6-11,13-14,17H,4-5,12,15H2,1-2H3,(H2,29,34). The zero-order valence-corrected chi connectivity index (χ0v) is 20.9. The predicted molar refractivity (Wildman–Crippen MR) is 137 cm³/mol. The fourth-order valence-electron chi connectivity index (χ4n) is 4.71. The van der Waals surface area contributed by atoms with Gasteiger partial charge in [-0.25, -0.2) is 0 Å². The average Bonchev–Trinajstić information content (AvgIpc) is 3.34. The number of nitrogens with zero attached hydrogens (tertiary/aromatic N) is 4. The Morgan fingerprint density at radius 1 is 1.03 bits per heavy atom. The molecule has 4 aromatic rings. The molecule has 0 radical (unpaired) electrons. The van der Waals surface area contributed by atoms with E-state index in [9.17, 15) is 14.0 Å². The molecule has 0 saturated carbocycles. The molecule has 1 aliphatic rings. The van der Waals surface area contributed by atoms with E-state index in [1.54, 1.807) is 37.7 Å². The first-order chi connectivity index (χ1) is 18.4. The van der Waals surface area contributed by atoms with Gasteiger partial charge in [-0.05, 0) is 49.2 Å². The molecule has 1 unspecified atom stereocenters. The molecule has 2 N–H and O–H groups in total. The molecule has 0 spiro atoms. The number of hydrogen-bond acceptors (Lipinski definition) is 7. The van der Waals surface area contributed by atoms with Crippen molar-refractivity contribution in [3.8, 4) is 34.3 Å². The first kappa shape index (κ1) is 25.0. The number of carbonyl (C=O) groups is 2. The number of piperidine rings is 1. The van der Waals surface area contributed by atoms with Gasteiger partial charge in [-0.15, -0.1) is 0 Å². The predicted octanol–water partition coefficient (Wildman–Crippen LogP) is 3.70. The first-order valence-electron chi connectivity index (χ1n) is 12.0. The normalized spacial score (nSPS) is 15.3. The lowest BCUT2D eigenvalue weighted by atomic mass is 10.1. The Labute approximate surface area is 217 Å². The monoisotopic (exact) mass is 519 g/mol. The molecule has 196 valence electrons. The summed E-state index contributed by atoms with van der Waals surface area (Å²) in [7, 11) is 2.95. The molecule has 1 atom stereocenters. The number of methoxy groups -OCH3 is 2. The van der Waals surface area contributed by atoms with Gasteiger partial charge in [0.25, 0.3) is 0 Å². The van der Waals surface area contributed by atoms with Gasteiger partial charge >= 0.3 is 11.8 Å². The minimum absolute atomic E-state index is 0.0492. The Kier molecular flexibility index (Phi) is 6.82. The van der Waals surface area contributed by atoms with E-state index < -0.39 is 17.6 Å². The van der Waals surface area contributed by atoms with Gasteiger partial charge in [0.05, 0.1) is 31.8 Å². The van der Waals surface area contributed by atoms with Crippen molar-refractivity contribution >= 4 is 22.7 Å². The van der Waals surface area contributed by atoms with Crippen molar-refractivity contribution < 1.29 is 28.2 Å². The molecule has 1 saturated heterocycles. The molecular weight excluding hydrogens is 493 g/mol. The molecule has 2 aromatic heterocycles. The third-order valence-corrected chi connectivity index (χ3v) is 6.54. The number of hydrogen-bond donors (Lipinski definition) is 1. The molecule has 10 nitrogen and oxygen atoms in total. The molecule has 3 heterocycles. The van der Waals surface area contributed by atoms with Gasteiger partial charge in [-0.3, -0.25) is 19.3 Å². The smallest absolute Gasteiger partial charge is 0.311 e. The lowest BCUT2D eigenvalue weighted by Gasteiger charge is -2.32. The minimum atomic E-state index is -0.977.